The second-order valence-electron chi connectivity index (χ2n) is 8.52. The summed E-state index contributed by atoms with van der Waals surface area (Å²) in [5.41, 5.74) is 1.07. The molecule has 2 fully saturated rings. The van der Waals surface area contributed by atoms with Crippen LogP contribution in [-0.4, -0.2) is 28.2 Å². The molecular formula is C21H31N3O2S. The van der Waals surface area contributed by atoms with Crippen molar-refractivity contribution in [1.82, 2.24) is 9.88 Å². The predicted molar refractivity (Wildman–Crippen MR) is 108 cm³/mol. The minimum atomic E-state index is 0.105. The number of aromatic nitrogens is 1. The molecule has 0 saturated heterocycles. The number of nitrogens with one attached hydrogen (secondary N) is 1. The molecule has 0 aromatic carbocycles. The van der Waals surface area contributed by atoms with Crippen LogP contribution in [-0.2, 0) is 22.6 Å². The van der Waals surface area contributed by atoms with Gasteiger partial charge in [-0.05, 0) is 44.4 Å². The van der Waals surface area contributed by atoms with Crippen molar-refractivity contribution in [2.45, 2.75) is 77.7 Å². The largest absolute Gasteiger partial charge is 0.337 e. The Morgan fingerprint density at radius 3 is 2.59 bits per heavy atom. The third-order valence-electron chi connectivity index (χ3n) is 6.38. The molecule has 0 unspecified atom stereocenters. The maximum absolute atomic E-state index is 13.0. The van der Waals surface area contributed by atoms with Gasteiger partial charge in [-0.1, -0.05) is 37.5 Å². The fourth-order valence-electron chi connectivity index (χ4n) is 4.44. The van der Waals surface area contributed by atoms with Crippen LogP contribution in [0.1, 0.15) is 75.3 Å². The van der Waals surface area contributed by atoms with Gasteiger partial charge in [-0.2, -0.15) is 0 Å². The monoisotopic (exact) mass is 389 g/mol. The van der Waals surface area contributed by atoms with E-state index < -0.39 is 0 Å². The van der Waals surface area contributed by atoms with Gasteiger partial charge in [0.05, 0.1) is 12.2 Å². The van der Waals surface area contributed by atoms with Crippen molar-refractivity contribution < 1.29 is 9.59 Å². The summed E-state index contributed by atoms with van der Waals surface area (Å²) in [4.78, 5) is 32.7. The number of unbranched alkanes of at least 4 members (excludes halogenated alkanes) is 1. The molecule has 0 spiro atoms. The van der Waals surface area contributed by atoms with Gasteiger partial charge in [0, 0.05) is 29.7 Å². The summed E-state index contributed by atoms with van der Waals surface area (Å²) in [6.45, 7) is 3.68. The summed E-state index contributed by atoms with van der Waals surface area (Å²) in [6, 6.07) is 0. The smallest absolute Gasteiger partial charge is 0.229 e. The van der Waals surface area contributed by atoms with Crippen molar-refractivity contribution >= 4 is 28.3 Å². The molecule has 1 N–H and O–H groups in total. The Hall–Kier alpha value is -1.43. The molecule has 0 atom stereocenters. The van der Waals surface area contributed by atoms with Gasteiger partial charge in [0.15, 0.2) is 5.13 Å². The number of thiazole rings is 1. The lowest BCUT2D eigenvalue weighted by Crippen LogP contribution is -2.40. The number of rotatable bonds is 6. The first kappa shape index (κ1) is 18.9. The SMILES string of the molecule is CCCCC1CCC(C(=O)N2CCc3nc(NC(=O)C4CC4)sc3C2)CC1. The highest BCUT2D eigenvalue weighted by molar-refractivity contribution is 7.15. The van der Waals surface area contributed by atoms with Crippen LogP contribution < -0.4 is 5.32 Å². The molecule has 4 rings (SSSR count). The van der Waals surface area contributed by atoms with E-state index in [1.54, 1.807) is 11.3 Å². The summed E-state index contributed by atoms with van der Waals surface area (Å²) in [5.74, 6) is 1.68. The first-order chi connectivity index (χ1) is 13.1. The van der Waals surface area contributed by atoms with Crippen molar-refractivity contribution in [1.29, 1.82) is 0 Å². The molecule has 6 heteroatoms. The number of hydrogen-bond acceptors (Lipinski definition) is 4. The van der Waals surface area contributed by atoms with Crippen LogP contribution in [0.4, 0.5) is 5.13 Å². The van der Waals surface area contributed by atoms with Gasteiger partial charge >= 0.3 is 0 Å². The van der Waals surface area contributed by atoms with Gasteiger partial charge < -0.3 is 10.2 Å². The normalized spacial score (nSPS) is 25.1. The van der Waals surface area contributed by atoms with Crippen molar-refractivity contribution in [3.63, 3.8) is 0 Å². The summed E-state index contributed by atoms with van der Waals surface area (Å²) in [7, 11) is 0. The molecule has 1 aromatic rings. The minimum Gasteiger partial charge on any atom is -0.337 e. The summed E-state index contributed by atoms with van der Waals surface area (Å²) >= 11 is 1.55. The van der Waals surface area contributed by atoms with Gasteiger partial charge in [-0.15, -0.1) is 0 Å². The second-order valence-corrected chi connectivity index (χ2v) is 9.61. The van der Waals surface area contributed by atoms with E-state index in [-0.39, 0.29) is 17.7 Å². The van der Waals surface area contributed by atoms with Gasteiger partial charge in [0.25, 0.3) is 0 Å². The minimum absolute atomic E-state index is 0.105. The van der Waals surface area contributed by atoms with Crippen molar-refractivity contribution in [2.75, 3.05) is 11.9 Å². The molecule has 148 valence electrons. The highest BCUT2D eigenvalue weighted by atomic mass is 32.1. The standard InChI is InChI=1S/C21H31N3O2S/c1-2-3-4-14-5-7-16(8-6-14)20(26)24-12-11-17-18(13-24)27-21(22-17)23-19(25)15-9-10-15/h14-16H,2-13H2,1H3,(H,22,23,25). The highest BCUT2D eigenvalue weighted by Crippen LogP contribution is 2.36. The number of amides is 2. The predicted octanol–water partition coefficient (Wildman–Crippen LogP) is 4.37. The molecule has 2 amide bonds. The maximum atomic E-state index is 13.0. The maximum Gasteiger partial charge on any atom is 0.229 e. The van der Waals surface area contributed by atoms with E-state index in [0.29, 0.717) is 17.6 Å². The molecule has 0 radical (unpaired) electrons. The van der Waals surface area contributed by atoms with Crippen LogP contribution in [0, 0.1) is 17.8 Å². The fraction of sp³-hybridized carbons (Fsp3) is 0.762. The van der Waals surface area contributed by atoms with Gasteiger partial charge in [-0.25, -0.2) is 4.98 Å². The molecule has 2 heterocycles. The lowest BCUT2D eigenvalue weighted by Gasteiger charge is -2.33. The molecule has 3 aliphatic rings. The first-order valence-electron chi connectivity index (χ1n) is 10.7. The van der Waals surface area contributed by atoms with Crippen LogP contribution >= 0.6 is 11.3 Å². The average Bonchev–Trinajstić information content (AvgIpc) is 3.46. The van der Waals surface area contributed by atoms with Gasteiger partial charge in [0.2, 0.25) is 11.8 Å². The molecule has 0 bridgehead atoms. The van der Waals surface area contributed by atoms with Crippen LogP contribution in [0.5, 0.6) is 0 Å². The Balaban J connectivity index is 1.30. The number of nitrogens with zero attached hydrogens (tertiary/aromatic N) is 2. The molecule has 1 aliphatic heterocycles. The number of anilines is 1. The third kappa shape index (κ3) is 4.53. The zero-order valence-electron chi connectivity index (χ0n) is 16.3. The zero-order valence-corrected chi connectivity index (χ0v) is 17.2. The Bertz CT molecular complexity index is 690. The number of carbonyl (C=O) groups excluding carboxylic acids is 2. The van der Waals surface area contributed by atoms with Crippen molar-refractivity contribution in [3.8, 4) is 0 Å². The fourth-order valence-corrected chi connectivity index (χ4v) is 5.47. The number of hydrogen-bond donors (Lipinski definition) is 1. The average molecular weight is 390 g/mol. The second kappa shape index (κ2) is 8.29. The molecule has 1 aromatic heterocycles. The molecule has 5 nitrogen and oxygen atoms in total. The molecule has 2 aliphatic carbocycles. The Labute approximate surface area is 165 Å². The van der Waals surface area contributed by atoms with Crippen LogP contribution in [0.3, 0.4) is 0 Å². The van der Waals surface area contributed by atoms with Crippen LogP contribution in [0.2, 0.25) is 0 Å². The Morgan fingerprint density at radius 1 is 1.15 bits per heavy atom. The summed E-state index contributed by atoms with van der Waals surface area (Å²) in [6.07, 6.45) is 11.3. The molecule has 2 saturated carbocycles. The third-order valence-corrected chi connectivity index (χ3v) is 7.38. The van der Waals surface area contributed by atoms with Crippen LogP contribution in [0.25, 0.3) is 0 Å². The first-order valence-corrected chi connectivity index (χ1v) is 11.5. The van der Waals surface area contributed by atoms with E-state index in [4.69, 9.17) is 0 Å². The van der Waals surface area contributed by atoms with E-state index in [1.165, 1.54) is 32.1 Å². The summed E-state index contributed by atoms with van der Waals surface area (Å²) < 4.78 is 0. The quantitative estimate of drug-likeness (QED) is 0.786. The van der Waals surface area contributed by atoms with E-state index in [2.05, 4.69) is 17.2 Å². The zero-order chi connectivity index (χ0) is 18.8. The lowest BCUT2D eigenvalue weighted by atomic mass is 9.79. The van der Waals surface area contributed by atoms with Gasteiger partial charge in [-0.3, -0.25) is 9.59 Å². The van der Waals surface area contributed by atoms with Crippen LogP contribution in [0.15, 0.2) is 0 Å². The van der Waals surface area contributed by atoms with E-state index >= 15 is 0 Å². The lowest BCUT2D eigenvalue weighted by molar-refractivity contribution is -0.137. The Morgan fingerprint density at radius 2 is 1.89 bits per heavy atom. The van der Waals surface area contributed by atoms with Crippen molar-refractivity contribution in [3.05, 3.63) is 10.6 Å². The van der Waals surface area contributed by atoms with E-state index in [0.717, 1.165) is 55.1 Å². The Kier molecular flexibility index (Phi) is 5.81. The molecule has 27 heavy (non-hydrogen) atoms. The van der Waals surface area contributed by atoms with E-state index in [1.807, 2.05) is 4.90 Å². The van der Waals surface area contributed by atoms with E-state index in [9.17, 15) is 9.59 Å². The number of carbonyl (C=O) groups is 2. The summed E-state index contributed by atoms with van der Waals surface area (Å²) in [5, 5.41) is 3.67. The number of fused-ring (bicyclic) bond motifs is 1. The van der Waals surface area contributed by atoms with Gasteiger partial charge in [0.1, 0.15) is 0 Å². The highest BCUT2D eigenvalue weighted by Gasteiger charge is 2.33. The topological polar surface area (TPSA) is 62.3 Å². The van der Waals surface area contributed by atoms with Crippen molar-refractivity contribution in [2.24, 2.45) is 17.8 Å². The molecular weight excluding hydrogens is 358 g/mol.